The van der Waals surface area contributed by atoms with Crippen LogP contribution in [0.1, 0.15) is 44.1 Å². The van der Waals surface area contributed by atoms with Crippen molar-refractivity contribution in [2.45, 2.75) is 86.6 Å². The van der Waals surface area contributed by atoms with Gasteiger partial charge in [0.2, 0.25) is 47.3 Å². The zero-order valence-electron chi connectivity index (χ0n) is 34.6. The molecule has 3 rings (SSSR count). The van der Waals surface area contributed by atoms with E-state index in [1.807, 2.05) is 0 Å². The topological polar surface area (TPSA) is 404 Å². The largest absolute Gasteiger partial charge is 0.481 e. The van der Waals surface area contributed by atoms with Gasteiger partial charge in [0.15, 0.2) is 11.3 Å². The number of carbonyl (C=O) groups is 10. The number of thioether (sulfide) groups is 1. The van der Waals surface area contributed by atoms with E-state index in [1.54, 1.807) is 30.3 Å². The second-order valence-electron chi connectivity index (χ2n) is 14.4. The van der Waals surface area contributed by atoms with Crippen molar-refractivity contribution in [2.75, 3.05) is 36.9 Å². The predicted octanol–water partition coefficient (Wildman–Crippen LogP) is -5.02. The van der Waals surface area contributed by atoms with Crippen LogP contribution in [-0.4, -0.2) is 149 Å². The number of aliphatic imine (C=N–C) groups is 1. The first-order chi connectivity index (χ1) is 30.5. The van der Waals surface area contributed by atoms with Gasteiger partial charge in [-0.1, -0.05) is 51.9 Å². The number of fused-ring (bicyclic) bond motifs is 5. The Hall–Kier alpha value is -5.80. The number of carboxylic acids is 1. The Morgan fingerprint density at radius 2 is 1.22 bits per heavy atom. The summed E-state index contributed by atoms with van der Waals surface area (Å²) in [5, 5.41) is 28.0. The van der Waals surface area contributed by atoms with E-state index in [0.717, 1.165) is 21.6 Å². The first kappa shape index (κ1) is 52.5. The number of unbranched alkanes of at least 4 members (excludes halogenated alkanes) is 1. The van der Waals surface area contributed by atoms with Crippen LogP contribution in [-0.2, 0) is 54.4 Å². The number of benzene rings is 1. The van der Waals surface area contributed by atoms with Gasteiger partial charge < -0.3 is 70.6 Å². The second-order valence-corrected chi connectivity index (χ2v) is 18.0. The normalized spacial score (nSPS) is 25.0. The van der Waals surface area contributed by atoms with Gasteiger partial charge in [-0.3, -0.25) is 52.9 Å². The van der Waals surface area contributed by atoms with Gasteiger partial charge in [-0.25, -0.2) is 0 Å². The Kier molecular flexibility index (Phi) is 22.5. The summed E-state index contributed by atoms with van der Waals surface area (Å²) in [6, 6.07) is -0.248. The number of hydrogen-bond acceptors (Lipinski definition) is 15. The minimum Gasteiger partial charge on any atom is -0.481 e. The Balaban J connectivity index is 2.14. The molecule has 2 aliphatic rings. The molecule has 7 atom stereocenters. The number of aliphatic carboxylic acids is 1. The number of amides is 9. The van der Waals surface area contributed by atoms with E-state index >= 15 is 0 Å². The van der Waals surface area contributed by atoms with Gasteiger partial charge in [0.25, 0.3) is 5.91 Å². The number of rotatable bonds is 13. The fraction of sp³-hybridized carbons (Fsp3) is 0.541. The molecule has 24 nitrogen and oxygen atoms in total. The molecule has 27 heteroatoms. The molecule has 64 heavy (non-hydrogen) atoms. The van der Waals surface area contributed by atoms with Crippen LogP contribution >= 0.6 is 33.3 Å². The van der Waals surface area contributed by atoms with Gasteiger partial charge in [-0.05, 0) is 44.2 Å². The zero-order chi connectivity index (χ0) is 47.2. The molecule has 0 spiro atoms. The van der Waals surface area contributed by atoms with Crippen molar-refractivity contribution in [3.63, 3.8) is 0 Å². The lowest BCUT2D eigenvalue weighted by atomic mass is 10.0. The number of nitrogens with one attached hydrogen (secondary N) is 8. The molecule has 9 amide bonds. The molecular weight excluding hydrogens is 899 g/mol. The summed E-state index contributed by atoms with van der Waals surface area (Å²) in [4.78, 5) is 138. The summed E-state index contributed by atoms with van der Waals surface area (Å²) >= 11 is 0.628. The first-order valence-electron chi connectivity index (χ1n) is 20.0. The summed E-state index contributed by atoms with van der Waals surface area (Å²) in [6.07, 6.45) is -0.0634. The maximum absolute atomic E-state index is 14.1. The zero-order valence-corrected chi connectivity index (χ0v) is 37.1. The van der Waals surface area contributed by atoms with Crippen LogP contribution < -0.4 is 65.5 Å². The molecule has 2 fully saturated rings. The lowest BCUT2D eigenvalue weighted by Crippen LogP contribution is -2.59. The molecule has 2 bridgehead atoms. The quantitative estimate of drug-likeness (QED) is 0.0381. The second kappa shape index (κ2) is 27.4. The monoisotopic (exact) mass is 953 g/mol. The van der Waals surface area contributed by atoms with Crippen LogP contribution in [0, 0.1) is 0 Å². The number of guanidine groups is 1. The molecule has 2 saturated heterocycles. The van der Waals surface area contributed by atoms with E-state index in [9.17, 15) is 53.1 Å². The lowest BCUT2D eigenvalue weighted by molar-refractivity contribution is -0.141. The van der Waals surface area contributed by atoms with Gasteiger partial charge in [-0.2, -0.15) is 0 Å². The number of nitrogens with zero attached hydrogens (tertiary/aromatic N) is 1. The molecule has 1 aromatic rings. The van der Waals surface area contributed by atoms with E-state index < -0.39 is 119 Å². The van der Waals surface area contributed by atoms with Crippen LogP contribution in [0.3, 0.4) is 0 Å². The molecule has 0 radical (unpaired) electrons. The molecular formula is C37H55N13O11S3. The SMILES string of the molecule is NCCCC[C@@H]1NC(=O)CSC(C(N)=O)NC(=O)[C@H](Cc2ccccc2)NC(=O)[C@@H]2CSSC[C@H](NC1=O)C(=O)N[C@@H](CCCN=C(N)N)C(=O)NCC(=O)N[C@@H](CC(=O)O)C(=O)N2. The summed E-state index contributed by atoms with van der Waals surface area (Å²) in [5.74, 6) is -11.0. The van der Waals surface area contributed by atoms with Crippen LogP contribution in [0.5, 0.6) is 0 Å². The fourth-order valence-electron chi connectivity index (χ4n) is 6.02. The molecule has 2 aliphatic heterocycles. The third-order valence-corrected chi connectivity index (χ3v) is 12.8. The molecule has 0 aliphatic carbocycles. The fourth-order valence-corrected chi connectivity index (χ4v) is 9.11. The van der Waals surface area contributed by atoms with Gasteiger partial charge >= 0.3 is 5.97 Å². The highest BCUT2D eigenvalue weighted by molar-refractivity contribution is 8.76. The lowest BCUT2D eigenvalue weighted by Gasteiger charge is -2.26. The number of carbonyl (C=O) groups excluding carboxylic acids is 9. The molecule has 17 N–H and O–H groups in total. The molecule has 0 aromatic heterocycles. The van der Waals surface area contributed by atoms with E-state index in [-0.39, 0.29) is 56.2 Å². The molecule has 352 valence electrons. The minimum absolute atomic E-state index is 0.0513. The van der Waals surface area contributed by atoms with Gasteiger partial charge in [-0.15, -0.1) is 11.8 Å². The summed E-state index contributed by atoms with van der Waals surface area (Å²) in [5.41, 5.74) is 22.7. The van der Waals surface area contributed by atoms with Crippen LogP contribution in [0.15, 0.2) is 35.3 Å². The highest BCUT2D eigenvalue weighted by atomic mass is 33.1. The summed E-state index contributed by atoms with van der Waals surface area (Å²) in [7, 11) is 1.91. The molecule has 0 saturated carbocycles. The van der Waals surface area contributed by atoms with Crippen LogP contribution in [0.4, 0.5) is 0 Å². The van der Waals surface area contributed by atoms with Crippen LogP contribution in [0.2, 0.25) is 0 Å². The summed E-state index contributed by atoms with van der Waals surface area (Å²) < 4.78 is 0. The maximum atomic E-state index is 14.1. The minimum atomic E-state index is -1.76. The highest BCUT2D eigenvalue weighted by Crippen LogP contribution is 2.24. The number of nitrogens with two attached hydrogens (primary N) is 4. The smallest absolute Gasteiger partial charge is 0.305 e. The molecule has 2 heterocycles. The van der Waals surface area contributed by atoms with Crippen molar-refractivity contribution >= 4 is 98.4 Å². The van der Waals surface area contributed by atoms with Crippen LogP contribution in [0.25, 0.3) is 0 Å². The van der Waals surface area contributed by atoms with Gasteiger partial charge in [0.1, 0.15) is 36.3 Å². The molecule has 1 unspecified atom stereocenters. The van der Waals surface area contributed by atoms with E-state index in [4.69, 9.17) is 22.9 Å². The van der Waals surface area contributed by atoms with Gasteiger partial charge in [0, 0.05) is 24.5 Å². The molecule has 1 aromatic carbocycles. The van der Waals surface area contributed by atoms with Crippen molar-refractivity contribution in [2.24, 2.45) is 27.9 Å². The standard InChI is InChI=1S/C37H55N13O11S3/c38-11-5-4-9-21-31(57)48-24-16-63-64-17-25(35(61)47-22(13-19-7-2-1-3-8-19)33(59)50-36(29(39)55)62-18-27(52)44-21)49-32(58)23(14-28(53)54)45-26(51)15-43-30(56)20(46-34(24)60)10-6-12-42-37(40)41/h1-3,7-8,20-25,36H,4-6,9-18,38H2,(H2,39,55)(H,43,56)(H,44,52)(H,45,51)(H,46,60)(H,47,61)(H,48,57)(H,49,58)(H,50,59)(H,53,54)(H4,40,41,42)/t20-,21-,22-,23-,24-,25-,36?/m0/s1. The van der Waals surface area contributed by atoms with Crippen molar-refractivity contribution in [3.05, 3.63) is 35.9 Å². The Morgan fingerprint density at radius 1 is 0.656 bits per heavy atom. The van der Waals surface area contributed by atoms with Crippen molar-refractivity contribution < 1.29 is 53.1 Å². The predicted molar refractivity (Wildman–Crippen MR) is 238 cm³/mol. The average molecular weight is 954 g/mol. The Bertz CT molecular complexity index is 1880. The van der Waals surface area contributed by atoms with Crippen molar-refractivity contribution in [1.82, 2.24) is 42.5 Å². The van der Waals surface area contributed by atoms with E-state index in [2.05, 4.69) is 47.5 Å². The van der Waals surface area contributed by atoms with Gasteiger partial charge in [0.05, 0.1) is 18.7 Å². The Labute approximate surface area is 380 Å². The number of primary amides is 1. The summed E-state index contributed by atoms with van der Waals surface area (Å²) in [6.45, 7) is -0.464. The third kappa shape index (κ3) is 18.9. The first-order valence-corrected chi connectivity index (χ1v) is 23.6. The van der Waals surface area contributed by atoms with Crippen molar-refractivity contribution in [1.29, 1.82) is 0 Å². The number of hydrogen-bond donors (Lipinski definition) is 13. The van der Waals surface area contributed by atoms with E-state index in [1.165, 1.54) is 0 Å². The van der Waals surface area contributed by atoms with Crippen molar-refractivity contribution in [3.8, 4) is 0 Å². The number of carboxylic acid groups (broad SMARTS) is 1. The van der Waals surface area contributed by atoms with E-state index in [0.29, 0.717) is 30.2 Å². The maximum Gasteiger partial charge on any atom is 0.305 e. The Morgan fingerprint density at radius 3 is 1.81 bits per heavy atom. The third-order valence-electron chi connectivity index (χ3n) is 9.28. The highest BCUT2D eigenvalue weighted by Gasteiger charge is 2.35. The average Bonchev–Trinajstić information content (AvgIpc) is 3.24.